The van der Waals surface area contributed by atoms with Gasteiger partial charge in [0.2, 0.25) is 6.39 Å². The highest BCUT2D eigenvalue weighted by Crippen LogP contribution is 2.22. The van der Waals surface area contributed by atoms with Crippen LogP contribution in [0.2, 0.25) is 0 Å². The quantitative estimate of drug-likeness (QED) is 0.809. The maximum atomic E-state index is 5.96. The van der Waals surface area contributed by atoms with Crippen LogP contribution in [0, 0.1) is 6.92 Å². The lowest BCUT2D eigenvalue weighted by molar-refractivity contribution is 0.411. The van der Waals surface area contributed by atoms with Crippen molar-refractivity contribution < 1.29 is 4.52 Å². The largest absolute Gasteiger partial charge is 0.394 e. The first-order valence-corrected chi connectivity index (χ1v) is 5.54. The van der Waals surface area contributed by atoms with Crippen molar-refractivity contribution >= 4 is 11.5 Å². The normalized spacial score (nSPS) is 10.7. The molecule has 0 fully saturated rings. The molecule has 2 heterocycles. The summed E-state index contributed by atoms with van der Waals surface area (Å²) in [5.74, 6) is 1.40. The highest BCUT2D eigenvalue weighted by atomic mass is 16.5. The van der Waals surface area contributed by atoms with Crippen molar-refractivity contribution in [1.82, 2.24) is 19.9 Å². The van der Waals surface area contributed by atoms with Crippen molar-refractivity contribution in [2.45, 2.75) is 33.4 Å². The number of nitrogens with two attached hydrogens (primary N) is 1. The van der Waals surface area contributed by atoms with Gasteiger partial charge in [-0.25, -0.2) is 4.68 Å². The van der Waals surface area contributed by atoms with E-state index in [-0.39, 0.29) is 0 Å². The van der Waals surface area contributed by atoms with Crippen LogP contribution in [-0.4, -0.2) is 19.9 Å². The zero-order chi connectivity index (χ0) is 12.3. The monoisotopic (exact) mass is 236 g/mol. The summed E-state index contributed by atoms with van der Waals surface area (Å²) >= 11 is 0. The van der Waals surface area contributed by atoms with Gasteiger partial charge in [-0.05, 0) is 13.3 Å². The number of aromatic nitrogens is 4. The molecule has 0 aliphatic rings. The van der Waals surface area contributed by atoms with E-state index in [2.05, 4.69) is 32.0 Å². The Morgan fingerprint density at radius 2 is 2.35 bits per heavy atom. The fourth-order valence-corrected chi connectivity index (χ4v) is 1.59. The Balaban J connectivity index is 2.13. The van der Waals surface area contributed by atoms with Gasteiger partial charge in [-0.15, -0.1) is 0 Å². The molecule has 2 aromatic rings. The van der Waals surface area contributed by atoms with Crippen LogP contribution in [0.25, 0.3) is 0 Å². The SMILES string of the molecule is CCCn1nc(C)c(N)c1NCc1ncon1. The first kappa shape index (κ1) is 11.4. The Morgan fingerprint density at radius 1 is 1.53 bits per heavy atom. The molecular weight excluding hydrogens is 220 g/mol. The van der Waals surface area contributed by atoms with Gasteiger partial charge in [-0.2, -0.15) is 10.1 Å². The van der Waals surface area contributed by atoms with E-state index in [0.29, 0.717) is 18.1 Å². The Hall–Kier alpha value is -2.05. The standard InChI is InChI=1S/C10H16N6O/c1-3-4-16-10(9(11)7(2)14-16)12-5-8-13-6-17-15-8/h6,12H,3-5,11H2,1-2H3. The van der Waals surface area contributed by atoms with Crippen LogP contribution in [0.4, 0.5) is 11.5 Å². The predicted molar refractivity (Wildman–Crippen MR) is 63.3 cm³/mol. The first-order chi connectivity index (χ1) is 8.22. The van der Waals surface area contributed by atoms with Gasteiger partial charge in [-0.3, -0.25) is 0 Å². The van der Waals surface area contributed by atoms with E-state index >= 15 is 0 Å². The molecule has 0 unspecified atom stereocenters. The van der Waals surface area contributed by atoms with Crippen molar-refractivity contribution in [2.75, 3.05) is 11.1 Å². The Kier molecular flexibility index (Phi) is 3.27. The minimum Gasteiger partial charge on any atom is -0.394 e. The number of nitrogen functional groups attached to an aromatic ring is 1. The summed E-state index contributed by atoms with van der Waals surface area (Å²) in [6.07, 6.45) is 2.30. The van der Waals surface area contributed by atoms with Crippen LogP contribution in [0.1, 0.15) is 24.9 Å². The summed E-state index contributed by atoms with van der Waals surface area (Å²) in [6.45, 7) is 5.28. The zero-order valence-corrected chi connectivity index (χ0v) is 9.97. The predicted octanol–water partition coefficient (Wildman–Crippen LogP) is 1.18. The Morgan fingerprint density at radius 3 is 3.00 bits per heavy atom. The molecule has 0 atom stereocenters. The van der Waals surface area contributed by atoms with Crippen LogP contribution in [0.3, 0.4) is 0 Å². The molecule has 92 valence electrons. The number of rotatable bonds is 5. The summed E-state index contributed by atoms with van der Waals surface area (Å²) in [5.41, 5.74) is 7.46. The van der Waals surface area contributed by atoms with E-state index in [4.69, 9.17) is 5.73 Å². The second-order valence-corrected chi connectivity index (χ2v) is 3.77. The van der Waals surface area contributed by atoms with Crippen LogP contribution in [-0.2, 0) is 13.1 Å². The van der Waals surface area contributed by atoms with Gasteiger partial charge < -0.3 is 15.6 Å². The third-order valence-electron chi connectivity index (χ3n) is 2.43. The molecule has 0 saturated carbocycles. The van der Waals surface area contributed by atoms with E-state index in [9.17, 15) is 0 Å². The second kappa shape index (κ2) is 4.86. The van der Waals surface area contributed by atoms with Crippen molar-refractivity contribution in [3.8, 4) is 0 Å². The molecule has 0 spiro atoms. The molecular formula is C10H16N6O. The average molecular weight is 236 g/mol. The van der Waals surface area contributed by atoms with Gasteiger partial charge >= 0.3 is 0 Å². The molecule has 7 heteroatoms. The lowest BCUT2D eigenvalue weighted by Gasteiger charge is -2.07. The van der Waals surface area contributed by atoms with Crippen LogP contribution >= 0.6 is 0 Å². The van der Waals surface area contributed by atoms with Crippen LogP contribution < -0.4 is 11.1 Å². The molecule has 2 rings (SSSR count). The van der Waals surface area contributed by atoms with Crippen molar-refractivity contribution in [1.29, 1.82) is 0 Å². The Bertz CT molecular complexity index is 475. The highest BCUT2D eigenvalue weighted by molar-refractivity contribution is 5.64. The van der Waals surface area contributed by atoms with E-state index in [0.717, 1.165) is 24.5 Å². The van der Waals surface area contributed by atoms with Gasteiger partial charge in [0.25, 0.3) is 0 Å². The van der Waals surface area contributed by atoms with Gasteiger partial charge in [0.1, 0.15) is 5.82 Å². The number of hydrogen-bond acceptors (Lipinski definition) is 6. The summed E-state index contributed by atoms with van der Waals surface area (Å²) in [6, 6.07) is 0. The second-order valence-electron chi connectivity index (χ2n) is 3.77. The Labute approximate surface area is 99.0 Å². The van der Waals surface area contributed by atoms with E-state index < -0.39 is 0 Å². The summed E-state index contributed by atoms with van der Waals surface area (Å²) < 4.78 is 6.53. The van der Waals surface area contributed by atoms with E-state index in [1.54, 1.807) is 0 Å². The minimum absolute atomic E-state index is 0.468. The van der Waals surface area contributed by atoms with Gasteiger partial charge in [0.15, 0.2) is 5.82 Å². The average Bonchev–Trinajstić information content (AvgIpc) is 2.89. The van der Waals surface area contributed by atoms with Gasteiger partial charge in [-0.1, -0.05) is 12.1 Å². The number of hydrogen-bond donors (Lipinski definition) is 2. The molecule has 2 aromatic heterocycles. The minimum atomic E-state index is 0.468. The van der Waals surface area contributed by atoms with E-state index in [1.807, 2.05) is 11.6 Å². The summed E-state index contributed by atoms with van der Waals surface area (Å²) in [5, 5.41) is 11.3. The summed E-state index contributed by atoms with van der Waals surface area (Å²) in [4.78, 5) is 3.93. The first-order valence-electron chi connectivity index (χ1n) is 5.54. The van der Waals surface area contributed by atoms with E-state index in [1.165, 1.54) is 6.39 Å². The number of anilines is 2. The molecule has 0 aromatic carbocycles. The molecule has 0 saturated heterocycles. The van der Waals surface area contributed by atoms with Crippen molar-refractivity contribution in [3.63, 3.8) is 0 Å². The third kappa shape index (κ3) is 2.38. The molecule has 0 amide bonds. The lowest BCUT2D eigenvalue weighted by atomic mass is 10.4. The smallest absolute Gasteiger partial charge is 0.213 e. The molecule has 0 bridgehead atoms. The molecule has 0 radical (unpaired) electrons. The van der Waals surface area contributed by atoms with Crippen LogP contribution in [0.5, 0.6) is 0 Å². The molecule has 7 nitrogen and oxygen atoms in total. The zero-order valence-electron chi connectivity index (χ0n) is 9.97. The molecule has 3 N–H and O–H groups in total. The third-order valence-corrected chi connectivity index (χ3v) is 2.43. The maximum Gasteiger partial charge on any atom is 0.213 e. The fourth-order valence-electron chi connectivity index (χ4n) is 1.59. The summed E-state index contributed by atoms with van der Waals surface area (Å²) in [7, 11) is 0. The van der Waals surface area contributed by atoms with Gasteiger partial charge in [0, 0.05) is 6.54 Å². The fraction of sp³-hybridized carbons (Fsp3) is 0.500. The topological polar surface area (TPSA) is 94.8 Å². The van der Waals surface area contributed by atoms with Crippen molar-refractivity contribution in [3.05, 3.63) is 17.9 Å². The molecule has 17 heavy (non-hydrogen) atoms. The maximum absolute atomic E-state index is 5.96. The number of aryl methyl sites for hydroxylation is 2. The van der Waals surface area contributed by atoms with Crippen LogP contribution in [0.15, 0.2) is 10.9 Å². The van der Waals surface area contributed by atoms with Crippen molar-refractivity contribution in [2.24, 2.45) is 0 Å². The number of nitrogens with zero attached hydrogens (tertiary/aromatic N) is 4. The lowest BCUT2D eigenvalue weighted by Crippen LogP contribution is -2.09. The highest BCUT2D eigenvalue weighted by Gasteiger charge is 2.12. The molecule has 0 aliphatic carbocycles. The van der Waals surface area contributed by atoms with Gasteiger partial charge in [0.05, 0.1) is 17.9 Å². The number of nitrogens with one attached hydrogen (secondary N) is 1. The molecule has 0 aliphatic heterocycles.